The molecular weight excluding hydrogens is 220 g/mol. The fraction of sp³-hybridized carbons (Fsp3) is 0.0588. The van der Waals surface area contributed by atoms with E-state index >= 15 is 0 Å². The summed E-state index contributed by atoms with van der Waals surface area (Å²) in [7, 11) is 0. The van der Waals surface area contributed by atoms with Crippen molar-refractivity contribution in [3.8, 4) is 29.2 Å². The van der Waals surface area contributed by atoms with Gasteiger partial charge in [0.05, 0.1) is 0 Å². The van der Waals surface area contributed by atoms with Crippen LogP contribution in [0.2, 0.25) is 0 Å². The Bertz CT molecular complexity index is 556. The summed E-state index contributed by atoms with van der Waals surface area (Å²) >= 11 is 0. The van der Waals surface area contributed by atoms with Crippen molar-refractivity contribution in [2.45, 2.75) is 0 Å². The average molecular weight is 234 g/mol. The smallest absolute Gasteiger partial charge is 0.119 e. The van der Waals surface area contributed by atoms with Crippen molar-refractivity contribution in [2.24, 2.45) is 0 Å². The minimum atomic E-state index is 0.524. The van der Waals surface area contributed by atoms with Crippen molar-refractivity contribution in [2.75, 3.05) is 6.61 Å². The van der Waals surface area contributed by atoms with Crippen molar-refractivity contribution >= 4 is 0 Å². The molecule has 0 radical (unpaired) electrons. The molecule has 0 N–H and O–H groups in total. The van der Waals surface area contributed by atoms with E-state index in [4.69, 9.17) is 11.2 Å². The molecule has 2 rings (SSSR count). The van der Waals surface area contributed by atoms with E-state index in [0.29, 0.717) is 6.61 Å². The van der Waals surface area contributed by atoms with Gasteiger partial charge in [-0.3, -0.25) is 0 Å². The van der Waals surface area contributed by atoms with Crippen LogP contribution in [0.3, 0.4) is 0 Å². The van der Waals surface area contributed by atoms with E-state index < -0.39 is 0 Å². The fourth-order valence-electron chi connectivity index (χ4n) is 1.66. The zero-order valence-corrected chi connectivity index (χ0v) is 10.1. The molecule has 0 bridgehead atoms. The Balaban J connectivity index is 2.18. The maximum absolute atomic E-state index is 5.44. The lowest BCUT2D eigenvalue weighted by Gasteiger charge is -2.05. The summed E-state index contributed by atoms with van der Waals surface area (Å²) < 4.78 is 5.44. The molecule has 0 aliphatic carbocycles. The van der Waals surface area contributed by atoms with E-state index in [1.54, 1.807) is 6.08 Å². The Morgan fingerprint density at radius 1 is 1.00 bits per heavy atom. The van der Waals surface area contributed by atoms with Crippen LogP contribution in [-0.2, 0) is 0 Å². The summed E-state index contributed by atoms with van der Waals surface area (Å²) in [6.07, 6.45) is 7.06. The van der Waals surface area contributed by atoms with E-state index in [9.17, 15) is 0 Å². The first-order chi connectivity index (χ1) is 8.83. The first-order valence-electron chi connectivity index (χ1n) is 5.74. The van der Waals surface area contributed by atoms with E-state index in [1.807, 2.05) is 48.5 Å². The summed E-state index contributed by atoms with van der Waals surface area (Å²) in [5.74, 6) is 3.45. The van der Waals surface area contributed by atoms with Crippen LogP contribution in [-0.4, -0.2) is 6.61 Å². The van der Waals surface area contributed by atoms with Crippen LogP contribution in [0.15, 0.2) is 61.2 Å². The normalized spacial score (nSPS) is 9.50. The standard InChI is InChI=1S/C17H14O/c1-3-13-18-17-11-9-16(10-12-17)15-7-5-14(4-2)6-8-15/h2-3,5-12H,1,13H2. The lowest BCUT2D eigenvalue weighted by Crippen LogP contribution is -1.92. The molecule has 1 nitrogen and oxygen atoms in total. The van der Waals surface area contributed by atoms with Gasteiger partial charge in [0.1, 0.15) is 12.4 Å². The highest BCUT2D eigenvalue weighted by Gasteiger charge is 1.98. The van der Waals surface area contributed by atoms with Gasteiger partial charge in [-0.2, -0.15) is 0 Å². The van der Waals surface area contributed by atoms with Crippen LogP contribution in [0.5, 0.6) is 5.75 Å². The molecule has 88 valence electrons. The van der Waals surface area contributed by atoms with Crippen molar-refractivity contribution in [1.82, 2.24) is 0 Å². The molecule has 0 unspecified atom stereocenters. The monoisotopic (exact) mass is 234 g/mol. The minimum Gasteiger partial charge on any atom is -0.490 e. The molecule has 1 heteroatoms. The average Bonchev–Trinajstić information content (AvgIpc) is 2.46. The summed E-state index contributed by atoms with van der Waals surface area (Å²) in [6.45, 7) is 4.14. The van der Waals surface area contributed by atoms with Crippen LogP contribution < -0.4 is 4.74 Å². The molecule has 2 aromatic rings. The van der Waals surface area contributed by atoms with Gasteiger partial charge in [0, 0.05) is 5.56 Å². The number of ether oxygens (including phenoxy) is 1. The number of benzene rings is 2. The van der Waals surface area contributed by atoms with Crippen LogP contribution >= 0.6 is 0 Å². The third-order valence-electron chi connectivity index (χ3n) is 2.61. The van der Waals surface area contributed by atoms with E-state index in [2.05, 4.69) is 12.5 Å². The third-order valence-corrected chi connectivity index (χ3v) is 2.61. The van der Waals surface area contributed by atoms with Crippen LogP contribution in [0.4, 0.5) is 0 Å². The molecule has 0 aliphatic heterocycles. The highest BCUT2D eigenvalue weighted by Crippen LogP contribution is 2.22. The van der Waals surface area contributed by atoms with Gasteiger partial charge in [-0.15, -0.1) is 6.42 Å². The summed E-state index contributed by atoms with van der Waals surface area (Å²) in [5.41, 5.74) is 3.18. The van der Waals surface area contributed by atoms with Crippen molar-refractivity contribution < 1.29 is 4.74 Å². The predicted molar refractivity (Wildman–Crippen MR) is 75.5 cm³/mol. The first kappa shape index (κ1) is 12.0. The topological polar surface area (TPSA) is 9.23 Å². The quantitative estimate of drug-likeness (QED) is 0.576. The Morgan fingerprint density at radius 2 is 1.56 bits per heavy atom. The second kappa shape index (κ2) is 5.75. The van der Waals surface area contributed by atoms with Gasteiger partial charge in [0.15, 0.2) is 0 Å². The maximum Gasteiger partial charge on any atom is 0.119 e. The van der Waals surface area contributed by atoms with Crippen molar-refractivity contribution in [3.05, 3.63) is 66.7 Å². The number of rotatable bonds is 4. The molecule has 0 saturated carbocycles. The third kappa shape index (κ3) is 2.81. The SMILES string of the molecule is C#Cc1ccc(-c2ccc(OCC=C)cc2)cc1. The molecule has 18 heavy (non-hydrogen) atoms. The Kier molecular flexibility index (Phi) is 3.83. The number of hydrogen-bond acceptors (Lipinski definition) is 1. The highest BCUT2D eigenvalue weighted by molar-refractivity contribution is 5.65. The molecule has 0 fully saturated rings. The molecule has 0 aliphatic rings. The second-order valence-electron chi connectivity index (χ2n) is 3.85. The van der Waals surface area contributed by atoms with E-state index in [-0.39, 0.29) is 0 Å². The molecule has 2 aromatic carbocycles. The van der Waals surface area contributed by atoms with Crippen LogP contribution in [0.1, 0.15) is 5.56 Å². The molecule has 0 heterocycles. The zero-order chi connectivity index (χ0) is 12.8. The Labute approximate surface area is 108 Å². The number of terminal acetylenes is 1. The molecule has 0 saturated heterocycles. The molecule has 0 aromatic heterocycles. The van der Waals surface area contributed by atoms with Gasteiger partial charge < -0.3 is 4.74 Å². The van der Waals surface area contributed by atoms with Crippen molar-refractivity contribution in [1.29, 1.82) is 0 Å². The lowest BCUT2D eigenvalue weighted by atomic mass is 10.0. The van der Waals surface area contributed by atoms with E-state index in [0.717, 1.165) is 22.4 Å². The fourth-order valence-corrected chi connectivity index (χ4v) is 1.66. The first-order valence-corrected chi connectivity index (χ1v) is 5.74. The van der Waals surface area contributed by atoms with Crippen molar-refractivity contribution in [3.63, 3.8) is 0 Å². The van der Waals surface area contributed by atoms with E-state index in [1.165, 1.54) is 0 Å². The van der Waals surface area contributed by atoms with Gasteiger partial charge in [-0.05, 0) is 35.4 Å². The highest BCUT2D eigenvalue weighted by atomic mass is 16.5. The minimum absolute atomic E-state index is 0.524. The summed E-state index contributed by atoms with van der Waals surface area (Å²) in [5, 5.41) is 0. The Hall–Kier alpha value is -2.46. The van der Waals surface area contributed by atoms with Gasteiger partial charge in [0.25, 0.3) is 0 Å². The molecular formula is C17H14O. The molecule has 0 atom stereocenters. The molecule has 0 amide bonds. The van der Waals surface area contributed by atoms with Gasteiger partial charge in [-0.1, -0.05) is 42.8 Å². The lowest BCUT2D eigenvalue weighted by molar-refractivity contribution is 0.363. The van der Waals surface area contributed by atoms with Gasteiger partial charge in [0.2, 0.25) is 0 Å². The van der Waals surface area contributed by atoms with Gasteiger partial charge in [-0.25, -0.2) is 0 Å². The van der Waals surface area contributed by atoms with Crippen LogP contribution in [0, 0.1) is 12.3 Å². The molecule has 0 spiro atoms. The number of hydrogen-bond donors (Lipinski definition) is 0. The van der Waals surface area contributed by atoms with Gasteiger partial charge >= 0.3 is 0 Å². The largest absolute Gasteiger partial charge is 0.490 e. The maximum atomic E-state index is 5.44. The summed E-state index contributed by atoms with van der Waals surface area (Å²) in [4.78, 5) is 0. The zero-order valence-electron chi connectivity index (χ0n) is 10.1. The Morgan fingerprint density at radius 3 is 2.06 bits per heavy atom. The summed E-state index contributed by atoms with van der Waals surface area (Å²) in [6, 6.07) is 15.9. The van der Waals surface area contributed by atoms with Crippen LogP contribution in [0.25, 0.3) is 11.1 Å². The predicted octanol–water partition coefficient (Wildman–Crippen LogP) is 3.90. The second-order valence-corrected chi connectivity index (χ2v) is 3.85.